The Hall–Kier alpha value is -1.36. The molecule has 0 aliphatic carbocycles. The van der Waals surface area contributed by atoms with E-state index in [1.165, 1.54) is 12.3 Å². The minimum Gasteiger partial charge on any atom is -0.363 e. The van der Waals surface area contributed by atoms with Gasteiger partial charge in [0, 0.05) is 17.9 Å². The largest absolute Gasteiger partial charge is 0.363 e. The van der Waals surface area contributed by atoms with Crippen LogP contribution in [0.1, 0.15) is 0 Å². The molecule has 1 aromatic heterocycles. The lowest BCUT2D eigenvalue weighted by Crippen LogP contribution is -2.34. The summed E-state index contributed by atoms with van der Waals surface area (Å²) in [4.78, 5) is -0.781. The van der Waals surface area contributed by atoms with Gasteiger partial charge in [0.25, 0.3) is 10.0 Å². The third kappa shape index (κ3) is 5.09. The highest BCUT2D eigenvalue weighted by Gasteiger charge is 2.31. The van der Waals surface area contributed by atoms with Crippen LogP contribution in [-0.2, 0) is 14.8 Å². The molecule has 0 aliphatic rings. The Morgan fingerprint density at radius 3 is 2.50 bits per heavy atom. The first-order valence-corrected chi connectivity index (χ1v) is 12.2. The van der Waals surface area contributed by atoms with E-state index in [1.54, 1.807) is 0 Å². The molecule has 11 heteroatoms. The molecule has 26 heavy (non-hydrogen) atoms. The molecule has 0 atom stereocenters. The Morgan fingerprint density at radius 2 is 1.92 bits per heavy atom. The van der Waals surface area contributed by atoms with Crippen molar-refractivity contribution in [2.45, 2.75) is 4.90 Å². The minimum atomic E-state index is -4.44. The molecule has 0 N–H and O–H groups in total. The summed E-state index contributed by atoms with van der Waals surface area (Å²) >= 11 is 5.61. The van der Waals surface area contributed by atoms with Crippen molar-refractivity contribution >= 4 is 37.5 Å². The van der Waals surface area contributed by atoms with E-state index in [0.29, 0.717) is 18.7 Å². The summed E-state index contributed by atoms with van der Waals surface area (Å²) in [6.07, 6.45) is 7.46. The Bertz CT molecular complexity index is 855. The molecule has 0 amide bonds. The maximum atomic E-state index is 14.1. The summed E-state index contributed by atoms with van der Waals surface area (Å²) in [5.41, 5.74) is 0. The van der Waals surface area contributed by atoms with Crippen LogP contribution in [0.4, 0.5) is 14.6 Å². The molecule has 0 unspecified atom stereocenters. The molecule has 146 valence electrons. The molecule has 6 nitrogen and oxygen atoms in total. The average molecular weight is 429 g/mol. The lowest BCUT2D eigenvalue weighted by molar-refractivity contribution is 0.158. The smallest absolute Gasteiger partial charge is 0.270 e. The third-order valence-electron chi connectivity index (χ3n) is 3.27. The fourth-order valence-corrected chi connectivity index (χ4v) is 4.08. The predicted molar refractivity (Wildman–Crippen MR) is 98.6 cm³/mol. The van der Waals surface area contributed by atoms with Crippen LogP contribution in [0.25, 0.3) is 0 Å². The SMILES string of the molecule is CS(C)(C)CCOCN(c1ccon1)S(=O)(=O)c1cc(Cl)c(F)cc1F. The van der Waals surface area contributed by atoms with E-state index in [2.05, 4.69) is 28.4 Å². The van der Waals surface area contributed by atoms with E-state index < -0.39 is 48.3 Å². The van der Waals surface area contributed by atoms with E-state index in [9.17, 15) is 17.2 Å². The average Bonchev–Trinajstić information content (AvgIpc) is 3.03. The highest BCUT2D eigenvalue weighted by Crippen LogP contribution is 2.34. The number of rotatable bonds is 8. The van der Waals surface area contributed by atoms with Gasteiger partial charge >= 0.3 is 0 Å². The number of halogens is 3. The Labute approximate surface area is 157 Å². The summed E-state index contributed by atoms with van der Waals surface area (Å²) in [5.74, 6) is -1.65. The number of benzene rings is 1. The number of ether oxygens (including phenoxy) is 1. The fourth-order valence-electron chi connectivity index (χ4n) is 1.87. The molecule has 0 aliphatic heterocycles. The highest BCUT2D eigenvalue weighted by atomic mass is 35.5. The zero-order chi connectivity index (χ0) is 19.5. The molecule has 0 bridgehead atoms. The topological polar surface area (TPSA) is 72.6 Å². The monoisotopic (exact) mass is 428 g/mol. The van der Waals surface area contributed by atoms with Crippen LogP contribution in [0.3, 0.4) is 0 Å². The van der Waals surface area contributed by atoms with Gasteiger partial charge in [-0.1, -0.05) is 16.8 Å². The van der Waals surface area contributed by atoms with Crippen molar-refractivity contribution in [3.8, 4) is 0 Å². The van der Waals surface area contributed by atoms with Crippen LogP contribution in [-0.4, -0.2) is 51.4 Å². The molecule has 0 spiro atoms. The molecular weight excluding hydrogens is 410 g/mol. The molecule has 0 radical (unpaired) electrons. The number of hydrogen-bond donors (Lipinski definition) is 0. The third-order valence-corrected chi connectivity index (χ3v) is 6.69. The zero-order valence-corrected chi connectivity index (χ0v) is 16.8. The van der Waals surface area contributed by atoms with Gasteiger partial charge in [0.2, 0.25) is 0 Å². The minimum absolute atomic E-state index is 0.0899. The molecule has 0 saturated heterocycles. The lowest BCUT2D eigenvalue weighted by Gasteiger charge is -2.26. The van der Waals surface area contributed by atoms with Crippen LogP contribution in [0.15, 0.2) is 33.9 Å². The van der Waals surface area contributed by atoms with E-state index in [-0.39, 0.29) is 5.82 Å². The van der Waals surface area contributed by atoms with Gasteiger partial charge in [0.15, 0.2) is 5.82 Å². The lowest BCUT2D eigenvalue weighted by atomic mass is 10.3. The van der Waals surface area contributed by atoms with Crippen LogP contribution in [0.2, 0.25) is 5.02 Å². The second-order valence-electron chi connectivity index (χ2n) is 6.24. The normalized spacial score (nSPS) is 13.0. The van der Waals surface area contributed by atoms with Crippen molar-refractivity contribution in [2.24, 2.45) is 0 Å². The van der Waals surface area contributed by atoms with Gasteiger partial charge in [0.1, 0.15) is 29.5 Å². The second-order valence-corrected chi connectivity index (χ2v) is 13.1. The van der Waals surface area contributed by atoms with Gasteiger partial charge in [-0.2, -0.15) is 0 Å². The van der Waals surface area contributed by atoms with Gasteiger partial charge in [-0.3, -0.25) is 0 Å². The molecular formula is C15H19ClF2N2O4S2. The maximum Gasteiger partial charge on any atom is 0.270 e. The molecule has 1 heterocycles. The fraction of sp³-hybridized carbons (Fsp3) is 0.400. The van der Waals surface area contributed by atoms with Crippen molar-refractivity contribution in [1.82, 2.24) is 5.16 Å². The molecule has 0 fully saturated rings. The maximum absolute atomic E-state index is 14.1. The first-order valence-electron chi connectivity index (χ1n) is 7.34. The summed E-state index contributed by atoms with van der Waals surface area (Å²) in [5, 5.41) is 3.06. The quantitative estimate of drug-likeness (QED) is 0.365. The standard InChI is InChI=1S/C15H19ClF2N2O4S2/c1-25(2,3)7-6-23-10-20(15-4-5-24-19-15)26(21,22)14-8-11(16)12(17)9-13(14)18/h4-5,8-9H,6-7,10H2,1-3H3. The van der Waals surface area contributed by atoms with E-state index in [4.69, 9.17) is 16.3 Å². The van der Waals surface area contributed by atoms with Crippen molar-refractivity contribution < 1.29 is 26.5 Å². The number of sulfonamides is 1. The number of aromatic nitrogens is 1. The van der Waals surface area contributed by atoms with Gasteiger partial charge in [0.05, 0.1) is 11.6 Å². The van der Waals surface area contributed by atoms with Crippen LogP contribution >= 0.6 is 21.6 Å². The van der Waals surface area contributed by atoms with Gasteiger partial charge in [-0.25, -0.2) is 31.5 Å². The van der Waals surface area contributed by atoms with Crippen LogP contribution in [0.5, 0.6) is 0 Å². The molecule has 1 aromatic carbocycles. The summed E-state index contributed by atoms with van der Waals surface area (Å²) in [6.45, 7) is -0.0891. The summed E-state index contributed by atoms with van der Waals surface area (Å²) < 4.78 is 64.0. The Balaban J connectivity index is 2.31. The first-order chi connectivity index (χ1) is 12.0. The van der Waals surface area contributed by atoms with E-state index >= 15 is 0 Å². The van der Waals surface area contributed by atoms with Gasteiger partial charge in [-0.05, 0) is 24.8 Å². The zero-order valence-electron chi connectivity index (χ0n) is 14.4. The van der Waals surface area contributed by atoms with Gasteiger partial charge < -0.3 is 9.26 Å². The number of nitrogens with zero attached hydrogens (tertiary/aromatic N) is 2. The van der Waals surface area contributed by atoms with E-state index in [1.807, 2.05) is 0 Å². The van der Waals surface area contributed by atoms with Crippen molar-refractivity contribution in [3.63, 3.8) is 0 Å². The molecule has 2 aromatic rings. The van der Waals surface area contributed by atoms with Crippen molar-refractivity contribution in [1.29, 1.82) is 0 Å². The molecule has 2 rings (SSSR count). The van der Waals surface area contributed by atoms with Crippen molar-refractivity contribution in [2.75, 3.05) is 42.2 Å². The molecule has 0 saturated carbocycles. The van der Waals surface area contributed by atoms with Crippen molar-refractivity contribution in [3.05, 3.63) is 41.1 Å². The Kier molecular flexibility index (Phi) is 6.54. The highest BCUT2D eigenvalue weighted by molar-refractivity contribution is 8.32. The van der Waals surface area contributed by atoms with E-state index in [0.717, 1.165) is 10.1 Å². The second kappa shape index (κ2) is 8.12. The number of hydrogen-bond acceptors (Lipinski definition) is 5. The predicted octanol–water partition coefficient (Wildman–Crippen LogP) is 3.47. The van der Waals surface area contributed by atoms with Crippen LogP contribution < -0.4 is 4.31 Å². The first kappa shape index (κ1) is 20.9. The number of anilines is 1. The van der Waals surface area contributed by atoms with Crippen LogP contribution in [0, 0.1) is 11.6 Å². The van der Waals surface area contributed by atoms with Gasteiger partial charge in [-0.15, -0.1) is 0 Å². The summed E-state index contributed by atoms with van der Waals surface area (Å²) in [7, 11) is -5.27. The Morgan fingerprint density at radius 1 is 1.23 bits per heavy atom. The summed E-state index contributed by atoms with van der Waals surface area (Å²) in [6, 6.07) is 2.42.